The molecule has 0 heterocycles. The minimum absolute atomic E-state index is 0.0972. The van der Waals surface area contributed by atoms with E-state index in [1.54, 1.807) is 27.7 Å². The molecule has 1 amide bonds. The van der Waals surface area contributed by atoms with E-state index in [2.05, 4.69) is 5.32 Å². The highest BCUT2D eigenvalue weighted by Crippen LogP contribution is 2.13. The van der Waals surface area contributed by atoms with Gasteiger partial charge in [0.2, 0.25) is 5.91 Å². The van der Waals surface area contributed by atoms with Gasteiger partial charge in [-0.05, 0) is 33.3 Å². The largest absolute Gasteiger partial charge is 0.480 e. The van der Waals surface area contributed by atoms with Crippen molar-refractivity contribution in [3.05, 3.63) is 35.4 Å². The lowest BCUT2D eigenvalue weighted by Crippen LogP contribution is -2.45. The van der Waals surface area contributed by atoms with Crippen LogP contribution in [0.5, 0.6) is 0 Å². The topological polar surface area (TPSA) is 92.7 Å². The maximum Gasteiger partial charge on any atom is 0.326 e. The molecule has 0 aromatic heterocycles. The molecule has 2 N–H and O–H groups in total. The van der Waals surface area contributed by atoms with Crippen molar-refractivity contribution in [3.8, 4) is 0 Å². The molecule has 0 saturated heterocycles. The van der Waals surface area contributed by atoms with Gasteiger partial charge in [-0.3, -0.25) is 9.59 Å². The van der Waals surface area contributed by atoms with Gasteiger partial charge in [0.15, 0.2) is 0 Å². The van der Waals surface area contributed by atoms with Crippen LogP contribution in [-0.2, 0) is 25.5 Å². The lowest BCUT2D eigenvalue weighted by atomic mass is 10.0. The Morgan fingerprint density at radius 2 is 1.72 bits per heavy atom. The van der Waals surface area contributed by atoms with Crippen LogP contribution in [0.25, 0.3) is 0 Å². The van der Waals surface area contributed by atoms with E-state index in [9.17, 15) is 19.5 Å². The number of esters is 1. The normalized spacial score (nSPS) is 13.6. The summed E-state index contributed by atoms with van der Waals surface area (Å²) in [6.45, 7) is 8.76. The molecule has 0 aliphatic heterocycles. The second-order valence-corrected chi connectivity index (χ2v) is 7.28. The predicted octanol–water partition coefficient (Wildman–Crippen LogP) is 2.47. The Labute approximate surface area is 148 Å². The Morgan fingerprint density at radius 3 is 2.20 bits per heavy atom. The number of rotatable bonds is 7. The number of aliphatic carboxylic acids is 1. The van der Waals surface area contributed by atoms with E-state index in [1.807, 2.05) is 31.2 Å². The molecule has 0 aliphatic rings. The fraction of sp³-hybridized carbons (Fsp3) is 0.526. The smallest absolute Gasteiger partial charge is 0.326 e. The number of hydrogen-bond donors (Lipinski definition) is 2. The standard InChI is InChI=1S/C19H27NO5/c1-12-6-8-14(9-7-12)11-15(18(23)24)20-17(22)13(2)10-16(21)25-19(3,4)5/h6-9,13,15H,10-11H2,1-5H3,(H,20,22)(H,23,24)/t13-,15-/m0/s1. The maximum absolute atomic E-state index is 12.2. The van der Waals surface area contributed by atoms with E-state index in [1.165, 1.54) is 0 Å². The number of nitrogens with one attached hydrogen (secondary N) is 1. The Bertz CT molecular complexity index is 616. The summed E-state index contributed by atoms with van der Waals surface area (Å²) >= 11 is 0. The SMILES string of the molecule is Cc1ccc(C[C@H](NC(=O)[C@@H](C)CC(=O)OC(C)(C)C)C(=O)O)cc1. The molecule has 6 nitrogen and oxygen atoms in total. The van der Waals surface area contributed by atoms with Gasteiger partial charge in [-0.2, -0.15) is 0 Å². The Balaban J connectivity index is 2.64. The molecule has 6 heteroatoms. The minimum atomic E-state index is -1.11. The molecule has 1 aromatic carbocycles. The Morgan fingerprint density at radius 1 is 1.16 bits per heavy atom. The van der Waals surface area contributed by atoms with E-state index >= 15 is 0 Å². The third kappa shape index (κ3) is 7.83. The number of amides is 1. The number of carbonyl (C=O) groups is 3. The minimum Gasteiger partial charge on any atom is -0.480 e. The van der Waals surface area contributed by atoms with Gasteiger partial charge < -0.3 is 15.2 Å². The van der Waals surface area contributed by atoms with Gasteiger partial charge in [0, 0.05) is 12.3 Å². The zero-order valence-corrected chi connectivity index (χ0v) is 15.5. The molecule has 0 bridgehead atoms. The average molecular weight is 349 g/mol. The van der Waals surface area contributed by atoms with Gasteiger partial charge in [0.05, 0.1) is 6.42 Å². The molecular weight excluding hydrogens is 322 g/mol. The summed E-state index contributed by atoms with van der Waals surface area (Å²) in [5, 5.41) is 11.8. The molecule has 25 heavy (non-hydrogen) atoms. The van der Waals surface area contributed by atoms with Crippen LogP contribution in [0.1, 0.15) is 45.2 Å². The molecule has 0 spiro atoms. The van der Waals surface area contributed by atoms with Gasteiger partial charge in [0.25, 0.3) is 0 Å². The Kier molecular flexibility index (Phi) is 7.15. The van der Waals surface area contributed by atoms with Gasteiger partial charge in [-0.15, -0.1) is 0 Å². The highest BCUT2D eigenvalue weighted by Gasteiger charge is 2.26. The summed E-state index contributed by atoms with van der Waals surface area (Å²) in [5.74, 6) is -2.75. The van der Waals surface area contributed by atoms with Crippen LogP contribution in [0.4, 0.5) is 0 Å². The van der Waals surface area contributed by atoms with E-state index in [4.69, 9.17) is 4.74 Å². The number of carboxylic acids is 1. The van der Waals surface area contributed by atoms with Crippen LogP contribution >= 0.6 is 0 Å². The third-order valence-electron chi connectivity index (χ3n) is 3.52. The van der Waals surface area contributed by atoms with Crippen LogP contribution < -0.4 is 5.32 Å². The first kappa shape index (κ1) is 20.7. The van der Waals surface area contributed by atoms with Crippen molar-refractivity contribution in [1.29, 1.82) is 0 Å². The second kappa shape index (κ2) is 8.65. The zero-order valence-electron chi connectivity index (χ0n) is 15.5. The molecule has 1 rings (SSSR count). The van der Waals surface area contributed by atoms with Crippen LogP contribution in [-0.4, -0.2) is 34.6 Å². The molecule has 1 aromatic rings. The molecule has 0 fully saturated rings. The summed E-state index contributed by atoms with van der Waals surface area (Å²) in [5.41, 5.74) is 1.27. The highest BCUT2D eigenvalue weighted by molar-refractivity contribution is 5.87. The van der Waals surface area contributed by atoms with Crippen molar-refractivity contribution < 1.29 is 24.2 Å². The molecule has 138 valence electrons. The Hall–Kier alpha value is -2.37. The van der Waals surface area contributed by atoms with Crippen molar-refractivity contribution in [2.75, 3.05) is 0 Å². The van der Waals surface area contributed by atoms with Crippen molar-refractivity contribution >= 4 is 17.8 Å². The monoisotopic (exact) mass is 349 g/mol. The lowest BCUT2D eigenvalue weighted by Gasteiger charge is -2.21. The van der Waals surface area contributed by atoms with Crippen LogP contribution in [0.2, 0.25) is 0 Å². The van der Waals surface area contributed by atoms with Gasteiger partial charge >= 0.3 is 11.9 Å². The van der Waals surface area contributed by atoms with Gasteiger partial charge in [-0.25, -0.2) is 4.79 Å². The van der Waals surface area contributed by atoms with Crippen LogP contribution in [0.15, 0.2) is 24.3 Å². The molecular formula is C19H27NO5. The average Bonchev–Trinajstić information content (AvgIpc) is 2.46. The first-order valence-corrected chi connectivity index (χ1v) is 8.28. The molecule has 0 radical (unpaired) electrons. The molecule has 0 saturated carbocycles. The quantitative estimate of drug-likeness (QED) is 0.738. The number of benzene rings is 1. The number of hydrogen-bond acceptors (Lipinski definition) is 4. The number of aryl methyl sites for hydroxylation is 1. The fourth-order valence-electron chi connectivity index (χ4n) is 2.20. The summed E-state index contributed by atoms with van der Waals surface area (Å²) in [6.07, 6.45) is 0.0838. The zero-order chi connectivity index (χ0) is 19.2. The molecule has 2 atom stereocenters. The second-order valence-electron chi connectivity index (χ2n) is 7.28. The van der Waals surface area contributed by atoms with Crippen molar-refractivity contribution in [3.63, 3.8) is 0 Å². The maximum atomic E-state index is 12.2. The first-order valence-electron chi connectivity index (χ1n) is 8.28. The van der Waals surface area contributed by atoms with Crippen molar-refractivity contribution in [1.82, 2.24) is 5.32 Å². The number of ether oxygens (including phenoxy) is 1. The first-order chi connectivity index (χ1) is 11.5. The molecule has 0 aliphatic carbocycles. The highest BCUT2D eigenvalue weighted by atomic mass is 16.6. The summed E-state index contributed by atoms with van der Waals surface area (Å²) in [6, 6.07) is 6.40. The van der Waals surface area contributed by atoms with Crippen LogP contribution in [0.3, 0.4) is 0 Å². The van der Waals surface area contributed by atoms with Crippen LogP contribution in [0, 0.1) is 12.8 Å². The molecule has 0 unspecified atom stereocenters. The van der Waals surface area contributed by atoms with Gasteiger partial charge in [0.1, 0.15) is 11.6 Å². The van der Waals surface area contributed by atoms with Crippen molar-refractivity contribution in [2.24, 2.45) is 5.92 Å². The summed E-state index contributed by atoms with van der Waals surface area (Å²) < 4.78 is 5.18. The lowest BCUT2D eigenvalue weighted by molar-refractivity contribution is -0.157. The fourth-order valence-corrected chi connectivity index (χ4v) is 2.20. The number of carboxylic acid groups (broad SMARTS) is 1. The van der Waals surface area contributed by atoms with Crippen molar-refractivity contribution in [2.45, 2.75) is 59.1 Å². The third-order valence-corrected chi connectivity index (χ3v) is 3.52. The van der Waals surface area contributed by atoms with Gasteiger partial charge in [-0.1, -0.05) is 36.8 Å². The number of carbonyl (C=O) groups excluding carboxylic acids is 2. The van der Waals surface area contributed by atoms with E-state index < -0.39 is 35.4 Å². The van der Waals surface area contributed by atoms with E-state index in [-0.39, 0.29) is 12.8 Å². The summed E-state index contributed by atoms with van der Waals surface area (Å²) in [7, 11) is 0. The van der Waals surface area contributed by atoms with E-state index in [0.29, 0.717) is 0 Å². The summed E-state index contributed by atoms with van der Waals surface area (Å²) in [4.78, 5) is 35.5. The predicted molar refractivity (Wildman–Crippen MR) is 94.1 cm³/mol. The van der Waals surface area contributed by atoms with E-state index in [0.717, 1.165) is 11.1 Å².